The molecular weight excluding hydrogens is 304 g/mol. The number of benzene rings is 1. The van der Waals surface area contributed by atoms with Crippen LogP contribution in [0, 0.1) is 0 Å². The third-order valence-electron chi connectivity index (χ3n) is 3.81. The Morgan fingerprint density at radius 1 is 1.32 bits per heavy atom. The van der Waals surface area contributed by atoms with Gasteiger partial charge in [-0.1, -0.05) is 24.3 Å². The molecule has 7 heteroatoms. The molecular formula is C15H22N2O4S. The van der Waals surface area contributed by atoms with Crippen LogP contribution in [-0.4, -0.2) is 63.1 Å². The average molecular weight is 326 g/mol. The van der Waals surface area contributed by atoms with Crippen LogP contribution in [0.3, 0.4) is 0 Å². The molecule has 1 heterocycles. The SMILES string of the molecule is COCCN(CC(=O)N1CCc2ccccc2C1)S(C)(=O)=O. The van der Waals surface area contributed by atoms with E-state index in [-0.39, 0.29) is 25.6 Å². The predicted octanol–water partition coefficient (Wildman–Crippen LogP) is 0.479. The molecule has 122 valence electrons. The molecule has 0 atom stereocenters. The molecule has 6 nitrogen and oxygen atoms in total. The number of carbonyl (C=O) groups excluding carboxylic acids is 1. The Kier molecular flexibility index (Phi) is 5.55. The lowest BCUT2D eigenvalue weighted by Gasteiger charge is -2.30. The Morgan fingerprint density at radius 2 is 2.00 bits per heavy atom. The fourth-order valence-corrected chi connectivity index (χ4v) is 3.27. The van der Waals surface area contributed by atoms with Gasteiger partial charge in [0.1, 0.15) is 0 Å². The first-order valence-electron chi connectivity index (χ1n) is 7.20. The van der Waals surface area contributed by atoms with Crippen molar-refractivity contribution in [1.82, 2.24) is 9.21 Å². The van der Waals surface area contributed by atoms with Crippen molar-refractivity contribution in [3.63, 3.8) is 0 Å². The first-order chi connectivity index (χ1) is 10.4. The molecule has 0 radical (unpaired) electrons. The number of nitrogens with zero attached hydrogens (tertiary/aromatic N) is 2. The van der Waals surface area contributed by atoms with Gasteiger partial charge in [-0.05, 0) is 17.5 Å². The maximum Gasteiger partial charge on any atom is 0.238 e. The smallest absolute Gasteiger partial charge is 0.238 e. The van der Waals surface area contributed by atoms with E-state index >= 15 is 0 Å². The van der Waals surface area contributed by atoms with E-state index in [1.54, 1.807) is 4.90 Å². The lowest BCUT2D eigenvalue weighted by atomic mass is 10.00. The Bertz CT molecular complexity index is 630. The predicted molar refractivity (Wildman–Crippen MR) is 83.9 cm³/mol. The second-order valence-electron chi connectivity index (χ2n) is 5.42. The first kappa shape index (κ1) is 16.9. The minimum Gasteiger partial charge on any atom is -0.383 e. The quantitative estimate of drug-likeness (QED) is 0.763. The molecule has 1 aromatic carbocycles. The standard InChI is InChI=1S/C15H22N2O4S/c1-21-10-9-17(22(2,19)20)12-15(18)16-8-7-13-5-3-4-6-14(13)11-16/h3-6H,7-12H2,1-2H3. The van der Waals surface area contributed by atoms with Gasteiger partial charge in [0.15, 0.2) is 0 Å². The maximum absolute atomic E-state index is 12.4. The van der Waals surface area contributed by atoms with Gasteiger partial charge >= 0.3 is 0 Å². The molecule has 0 saturated heterocycles. The van der Waals surface area contributed by atoms with Crippen LogP contribution >= 0.6 is 0 Å². The summed E-state index contributed by atoms with van der Waals surface area (Å²) in [5.41, 5.74) is 2.38. The monoisotopic (exact) mass is 326 g/mol. The van der Waals surface area contributed by atoms with Crippen LogP contribution in [-0.2, 0) is 32.5 Å². The number of amides is 1. The molecule has 0 spiro atoms. The number of ether oxygens (including phenoxy) is 1. The van der Waals surface area contributed by atoms with Crippen LogP contribution in [0.4, 0.5) is 0 Å². The van der Waals surface area contributed by atoms with E-state index in [2.05, 4.69) is 6.07 Å². The van der Waals surface area contributed by atoms with Crippen LogP contribution in [0.15, 0.2) is 24.3 Å². The van der Waals surface area contributed by atoms with E-state index in [1.165, 1.54) is 17.0 Å². The molecule has 1 aliphatic heterocycles. The highest BCUT2D eigenvalue weighted by atomic mass is 32.2. The number of fused-ring (bicyclic) bond motifs is 1. The molecule has 1 aromatic rings. The molecule has 1 amide bonds. The largest absolute Gasteiger partial charge is 0.383 e. The Morgan fingerprint density at radius 3 is 2.64 bits per heavy atom. The van der Waals surface area contributed by atoms with Gasteiger partial charge in [-0.3, -0.25) is 4.79 Å². The highest BCUT2D eigenvalue weighted by Crippen LogP contribution is 2.18. The van der Waals surface area contributed by atoms with Crippen molar-refractivity contribution in [1.29, 1.82) is 0 Å². The van der Waals surface area contributed by atoms with E-state index in [0.29, 0.717) is 13.1 Å². The van der Waals surface area contributed by atoms with Gasteiger partial charge in [-0.15, -0.1) is 0 Å². The van der Waals surface area contributed by atoms with Crippen molar-refractivity contribution in [3.8, 4) is 0 Å². The number of rotatable bonds is 6. The number of methoxy groups -OCH3 is 1. The highest BCUT2D eigenvalue weighted by molar-refractivity contribution is 7.88. The lowest BCUT2D eigenvalue weighted by Crippen LogP contribution is -2.45. The summed E-state index contributed by atoms with van der Waals surface area (Å²) in [5.74, 6) is -0.170. The van der Waals surface area contributed by atoms with E-state index in [9.17, 15) is 13.2 Å². The molecule has 0 bridgehead atoms. The van der Waals surface area contributed by atoms with E-state index < -0.39 is 10.0 Å². The molecule has 0 N–H and O–H groups in total. The van der Waals surface area contributed by atoms with E-state index in [1.807, 2.05) is 18.2 Å². The van der Waals surface area contributed by atoms with Gasteiger partial charge in [-0.25, -0.2) is 8.42 Å². The van der Waals surface area contributed by atoms with Crippen LogP contribution in [0.25, 0.3) is 0 Å². The summed E-state index contributed by atoms with van der Waals surface area (Å²) in [4.78, 5) is 14.1. The molecule has 0 unspecified atom stereocenters. The zero-order valence-corrected chi connectivity index (χ0v) is 13.8. The van der Waals surface area contributed by atoms with Gasteiger partial charge in [-0.2, -0.15) is 4.31 Å². The Labute approximate surface area is 131 Å². The van der Waals surface area contributed by atoms with Gasteiger partial charge in [0.05, 0.1) is 19.4 Å². The third-order valence-corrected chi connectivity index (χ3v) is 5.06. The number of sulfonamides is 1. The minimum absolute atomic E-state index is 0.135. The van der Waals surface area contributed by atoms with E-state index in [4.69, 9.17) is 4.74 Å². The summed E-state index contributed by atoms with van der Waals surface area (Å²) in [5, 5.41) is 0. The van der Waals surface area contributed by atoms with Crippen molar-refractivity contribution in [3.05, 3.63) is 35.4 Å². The fraction of sp³-hybridized carbons (Fsp3) is 0.533. The molecule has 0 aliphatic carbocycles. The maximum atomic E-state index is 12.4. The number of carbonyl (C=O) groups is 1. The Hall–Kier alpha value is -1.44. The molecule has 22 heavy (non-hydrogen) atoms. The topological polar surface area (TPSA) is 66.9 Å². The molecule has 2 rings (SSSR count). The fourth-order valence-electron chi connectivity index (χ4n) is 2.51. The van der Waals surface area contributed by atoms with Gasteiger partial charge in [0.2, 0.25) is 15.9 Å². The van der Waals surface area contributed by atoms with Crippen molar-refractivity contribution < 1.29 is 17.9 Å². The second-order valence-corrected chi connectivity index (χ2v) is 7.41. The first-order valence-corrected chi connectivity index (χ1v) is 9.05. The summed E-state index contributed by atoms with van der Waals surface area (Å²) in [6, 6.07) is 8.02. The highest BCUT2D eigenvalue weighted by Gasteiger charge is 2.25. The summed E-state index contributed by atoms with van der Waals surface area (Å²) < 4.78 is 29.6. The molecule has 1 aliphatic rings. The van der Waals surface area contributed by atoms with Crippen LogP contribution in [0.5, 0.6) is 0 Å². The summed E-state index contributed by atoms with van der Waals surface area (Å²) in [7, 11) is -1.92. The van der Waals surface area contributed by atoms with Crippen molar-refractivity contribution in [2.45, 2.75) is 13.0 Å². The van der Waals surface area contributed by atoms with Crippen molar-refractivity contribution >= 4 is 15.9 Å². The molecule has 0 aromatic heterocycles. The summed E-state index contributed by atoms with van der Waals surface area (Å²) in [6.07, 6.45) is 1.92. The molecule has 0 saturated carbocycles. The summed E-state index contributed by atoms with van der Waals surface area (Å²) >= 11 is 0. The van der Waals surface area contributed by atoms with Crippen molar-refractivity contribution in [2.24, 2.45) is 0 Å². The van der Waals surface area contributed by atoms with Gasteiger partial charge < -0.3 is 9.64 Å². The van der Waals surface area contributed by atoms with E-state index in [0.717, 1.165) is 18.2 Å². The molecule has 0 fully saturated rings. The second kappa shape index (κ2) is 7.21. The Balaban J connectivity index is 2.02. The van der Waals surface area contributed by atoms with Crippen LogP contribution < -0.4 is 0 Å². The minimum atomic E-state index is -3.43. The normalized spacial score (nSPS) is 15.0. The zero-order valence-electron chi connectivity index (χ0n) is 13.0. The van der Waals surface area contributed by atoms with Gasteiger partial charge in [0, 0.05) is 26.7 Å². The lowest BCUT2D eigenvalue weighted by molar-refractivity contribution is -0.132. The third kappa shape index (κ3) is 4.28. The van der Waals surface area contributed by atoms with Crippen LogP contribution in [0.1, 0.15) is 11.1 Å². The number of hydrogen-bond donors (Lipinski definition) is 0. The van der Waals surface area contributed by atoms with Crippen molar-refractivity contribution in [2.75, 3.05) is 39.6 Å². The number of hydrogen-bond acceptors (Lipinski definition) is 4. The average Bonchev–Trinajstić information content (AvgIpc) is 2.49. The van der Waals surface area contributed by atoms with Crippen LogP contribution in [0.2, 0.25) is 0 Å². The summed E-state index contributed by atoms with van der Waals surface area (Å²) in [6.45, 7) is 1.48. The zero-order chi connectivity index (χ0) is 16.2. The van der Waals surface area contributed by atoms with Gasteiger partial charge in [0.25, 0.3) is 0 Å².